The number of benzene rings is 3. The molecule has 0 radical (unpaired) electrons. The zero-order valence-corrected chi connectivity index (χ0v) is 22.5. The van der Waals surface area contributed by atoms with E-state index in [2.05, 4.69) is 25.7 Å². The lowest BCUT2D eigenvalue weighted by molar-refractivity contribution is -0.132. The summed E-state index contributed by atoms with van der Waals surface area (Å²) in [5.74, 6) is -0.931. The molecule has 7 nitrogen and oxygen atoms in total. The summed E-state index contributed by atoms with van der Waals surface area (Å²) in [7, 11) is 3.00. The maximum atomic E-state index is 13.5. The molecule has 1 N–H and O–H groups in total. The number of Topliss-reactive ketones (excluding diaryl/α,β-unsaturated/α-hetero) is 1. The van der Waals surface area contributed by atoms with E-state index < -0.39 is 17.7 Å². The average Bonchev–Trinajstić information content (AvgIpc) is 3.23. The Morgan fingerprint density at radius 1 is 0.895 bits per heavy atom. The summed E-state index contributed by atoms with van der Waals surface area (Å²) in [6.07, 6.45) is 0.852. The lowest BCUT2D eigenvalue weighted by Crippen LogP contribution is -2.29. The van der Waals surface area contributed by atoms with Gasteiger partial charge in [0.05, 0.1) is 31.4 Å². The first-order valence-electron chi connectivity index (χ1n) is 12.9. The van der Waals surface area contributed by atoms with E-state index in [4.69, 9.17) is 9.47 Å². The van der Waals surface area contributed by atoms with Gasteiger partial charge in [0.15, 0.2) is 0 Å². The first-order chi connectivity index (χ1) is 18.4. The van der Waals surface area contributed by atoms with Crippen LogP contribution in [0.25, 0.3) is 5.76 Å². The Kier molecular flexibility index (Phi) is 8.05. The van der Waals surface area contributed by atoms with Crippen LogP contribution in [0.3, 0.4) is 0 Å². The minimum absolute atomic E-state index is 0.00305. The van der Waals surface area contributed by atoms with Gasteiger partial charge in [-0.15, -0.1) is 0 Å². The Hall–Kier alpha value is -4.26. The number of aryl methyl sites for hydroxylation is 1. The summed E-state index contributed by atoms with van der Waals surface area (Å²) in [6, 6.07) is 19.5. The van der Waals surface area contributed by atoms with Gasteiger partial charge in [-0.2, -0.15) is 0 Å². The first-order valence-corrected chi connectivity index (χ1v) is 12.9. The van der Waals surface area contributed by atoms with Crippen LogP contribution in [0.5, 0.6) is 11.5 Å². The highest BCUT2D eigenvalue weighted by atomic mass is 16.5. The highest BCUT2D eigenvalue weighted by Crippen LogP contribution is 2.44. The number of aliphatic hydroxyl groups excluding tert-OH is 1. The summed E-state index contributed by atoms with van der Waals surface area (Å²) in [4.78, 5) is 30.7. The molecule has 0 aliphatic carbocycles. The Bertz CT molecular complexity index is 1340. The molecule has 3 aromatic rings. The molecule has 1 saturated heterocycles. The van der Waals surface area contributed by atoms with E-state index in [1.165, 1.54) is 19.1 Å². The Morgan fingerprint density at radius 3 is 2.11 bits per heavy atom. The molecule has 7 heteroatoms. The van der Waals surface area contributed by atoms with E-state index in [0.29, 0.717) is 22.7 Å². The number of carbonyl (C=O) groups excluding carboxylic acids is 2. The van der Waals surface area contributed by atoms with E-state index in [9.17, 15) is 14.7 Å². The van der Waals surface area contributed by atoms with E-state index in [1.807, 2.05) is 48.5 Å². The highest BCUT2D eigenvalue weighted by molar-refractivity contribution is 6.51. The van der Waals surface area contributed by atoms with Crippen molar-refractivity contribution in [1.82, 2.24) is 0 Å². The van der Waals surface area contributed by atoms with Crippen LogP contribution in [0.15, 0.2) is 72.3 Å². The molecule has 4 rings (SSSR count). The number of rotatable bonds is 9. The molecule has 1 unspecified atom stereocenters. The van der Waals surface area contributed by atoms with Crippen LogP contribution in [-0.2, 0) is 16.0 Å². The predicted octanol–water partition coefficient (Wildman–Crippen LogP) is 5.74. The highest BCUT2D eigenvalue weighted by Gasteiger charge is 2.47. The maximum Gasteiger partial charge on any atom is 0.300 e. The summed E-state index contributed by atoms with van der Waals surface area (Å²) >= 11 is 0. The fourth-order valence-corrected chi connectivity index (χ4v) is 4.91. The first kappa shape index (κ1) is 26.8. The van der Waals surface area contributed by atoms with Crippen molar-refractivity contribution in [3.05, 3.63) is 89.0 Å². The van der Waals surface area contributed by atoms with Crippen LogP contribution in [0, 0.1) is 0 Å². The fraction of sp³-hybridized carbons (Fsp3) is 0.290. The average molecular weight is 515 g/mol. The molecule has 38 heavy (non-hydrogen) atoms. The largest absolute Gasteiger partial charge is 0.507 e. The van der Waals surface area contributed by atoms with Gasteiger partial charge in [0.2, 0.25) is 0 Å². The van der Waals surface area contributed by atoms with Gasteiger partial charge in [-0.05, 0) is 73.9 Å². The molecule has 1 fully saturated rings. The number of hydrogen-bond acceptors (Lipinski definition) is 6. The molecule has 1 heterocycles. The van der Waals surface area contributed by atoms with Gasteiger partial charge in [-0.25, -0.2) is 0 Å². The second kappa shape index (κ2) is 11.4. The zero-order valence-electron chi connectivity index (χ0n) is 22.5. The maximum absolute atomic E-state index is 13.5. The van der Waals surface area contributed by atoms with E-state index in [0.717, 1.165) is 30.8 Å². The number of hydrogen-bond donors (Lipinski definition) is 1. The molecule has 1 atom stereocenters. The quantitative estimate of drug-likeness (QED) is 0.223. The SMILES string of the molecule is CCc1ccc(N2C(=O)C(=O)/C(=C(/O)c3cc(OC)ccc3OC)C2c2ccc(N(CC)CC)cc2)cc1. The molecular weight excluding hydrogens is 480 g/mol. The monoisotopic (exact) mass is 514 g/mol. The third kappa shape index (κ3) is 4.84. The van der Waals surface area contributed by atoms with Crippen LogP contribution in [0.1, 0.15) is 43.5 Å². The van der Waals surface area contributed by atoms with E-state index in [-0.39, 0.29) is 16.9 Å². The van der Waals surface area contributed by atoms with Crippen molar-refractivity contribution in [3.63, 3.8) is 0 Å². The van der Waals surface area contributed by atoms with Crippen LogP contribution in [0.4, 0.5) is 11.4 Å². The van der Waals surface area contributed by atoms with Crippen LogP contribution >= 0.6 is 0 Å². The summed E-state index contributed by atoms with van der Waals surface area (Å²) in [5.41, 5.74) is 3.72. The van der Waals surface area contributed by atoms with E-state index >= 15 is 0 Å². The zero-order chi connectivity index (χ0) is 27.4. The van der Waals surface area contributed by atoms with Crippen molar-refractivity contribution in [1.29, 1.82) is 0 Å². The lowest BCUT2D eigenvalue weighted by Gasteiger charge is -2.27. The number of ether oxygens (including phenoxy) is 2. The van der Waals surface area contributed by atoms with Gasteiger partial charge in [0.25, 0.3) is 11.7 Å². The third-order valence-corrected chi connectivity index (χ3v) is 7.07. The Labute approximate surface area is 223 Å². The second-order valence-corrected chi connectivity index (χ2v) is 9.02. The molecule has 3 aromatic carbocycles. The number of aliphatic hydroxyl groups is 1. The van der Waals surface area contributed by atoms with Crippen molar-refractivity contribution in [2.45, 2.75) is 33.2 Å². The normalized spacial score (nSPS) is 16.6. The van der Waals surface area contributed by atoms with Crippen LogP contribution < -0.4 is 19.3 Å². The molecule has 0 aromatic heterocycles. The van der Waals surface area contributed by atoms with Gasteiger partial charge < -0.3 is 19.5 Å². The Morgan fingerprint density at radius 2 is 1.55 bits per heavy atom. The minimum Gasteiger partial charge on any atom is -0.507 e. The number of anilines is 2. The van der Waals surface area contributed by atoms with Gasteiger partial charge in [-0.3, -0.25) is 14.5 Å². The molecular formula is C31H34N2O5. The topological polar surface area (TPSA) is 79.3 Å². The molecule has 198 valence electrons. The number of ketones is 1. The molecule has 1 aliphatic heterocycles. The van der Waals surface area contributed by atoms with Crippen molar-refractivity contribution >= 4 is 28.8 Å². The van der Waals surface area contributed by atoms with Gasteiger partial charge in [-0.1, -0.05) is 31.2 Å². The molecule has 0 saturated carbocycles. The lowest BCUT2D eigenvalue weighted by atomic mass is 9.94. The summed E-state index contributed by atoms with van der Waals surface area (Å²) < 4.78 is 10.8. The van der Waals surface area contributed by atoms with Gasteiger partial charge in [0.1, 0.15) is 17.3 Å². The van der Waals surface area contributed by atoms with Gasteiger partial charge in [0, 0.05) is 24.5 Å². The van der Waals surface area contributed by atoms with Crippen molar-refractivity contribution < 1.29 is 24.2 Å². The number of carbonyl (C=O) groups is 2. The van der Waals surface area contributed by atoms with Crippen molar-refractivity contribution in [3.8, 4) is 11.5 Å². The predicted molar refractivity (Wildman–Crippen MR) is 150 cm³/mol. The fourth-order valence-electron chi connectivity index (χ4n) is 4.91. The number of methoxy groups -OCH3 is 2. The van der Waals surface area contributed by atoms with Crippen LogP contribution in [-0.4, -0.2) is 44.1 Å². The molecule has 1 aliphatic rings. The minimum atomic E-state index is -0.830. The van der Waals surface area contributed by atoms with Crippen molar-refractivity contribution in [2.24, 2.45) is 0 Å². The number of nitrogens with zero attached hydrogens (tertiary/aromatic N) is 2. The Balaban J connectivity index is 1.93. The van der Waals surface area contributed by atoms with E-state index in [1.54, 1.807) is 18.2 Å². The second-order valence-electron chi connectivity index (χ2n) is 9.02. The number of amides is 1. The van der Waals surface area contributed by atoms with Gasteiger partial charge >= 0.3 is 0 Å². The molecule has 1 amide bonds. The smallest absolute Gasteiger partial charge is 0.300 e. The van der Waals surface area contributed by atoms with Crippen molar-refractivity contribution in [2.75, 3.05) is 37.1 Å². The summed E-state index contributed by atoms with van der Waals surface area (Å²) in [6.45, 7) is 7.95. The standard InChI is InChI=1S/C31H34N2O5/c1-6-20-9-13-23(14-10-20)33-28(21-11-15-22(16-12-21)32(7-2)8-3)27(30(35)31(33)36)29(34)25-19-24(37-4)17-18-26(25)38-5/h9-19,28,34H,6-8H2,1-5H3/b29-27+. The van der Waals surface area contributed by atoms with Crippen LogP contribution in [0.2, 0.25) is 0 Å². The molecule has 0 spiro atoms. The third-order valence-electron chi connectivity index (χ3n) is 7.07. The molecule has 0 bridgehead atoms. The summed E-state index contributed by atoms with van der Waals surface area (Å²) in [5, 5.41) is 11.6.